The van der Waals surface area contributed by atoms with Gasteiger partial charge in [-0.25, -0.2) is 0 Å². The number of benzene rings is 3. The lowest BCUT2D eigenvalue weighted by Crippen LogP contribution is -2.47. The Bertz CT molecular complexity index is 1240. The average molecular weight is 455 g/mol. The van der Waals surface area contributed by atoms with Crippen molar-refractivity contribution < 1.29 is 9.53 Å². The van der Waals surface area contributed by atoms with Crippen molar-refractivity contribution in [3.8, 4) is 17.0 Å². The summed E-state index contributed by atoms with van der Waals surface area (Å²) < 4.78 is 6.00. The molecular weight excluding hydrogens is 424 g/mol. The molecule has 4 aromatic rings. The summed E-state index contributed by atoms with van der Waals surface area (Å²) in [4.78, 5) is 20.0. The first-order valence-electron chi connectivity index (χ1n) is 11.8. The number of aromatic amines is 1. The first kappa shape index (κ1) is 22.2. The second-order valence-corrected chi connectivity index (χ2v) is 8.79. The van der Waals surface area contributed by atoms with E-state index in [4.69, 9.17) is 10.5 Å². The third-order valence-corrected chi connectivity index (χ3v) is 6.48. The fourth-order valence-electron chi connectivity index (χ4n) is 4.55. The minimum absolute atomic E-state index is 0.430. The number of carbonyl (C=O) groups is 1. The first-order valence-corrected chi connectivity index (χ1v) is 11.8. The Morgan fingerprint density at radius 1 is 0.882 bits per heavy atom. The summed E-state index contributed by atoms with van der Waals surface area (Å²) in [7, 11) is 0. The number of hydrogen-bond donors (Lipinski definition) is 2. The van der Waals surface area contributed by atoms with Crippen LogP contribution in [0.25, 0.3) is 22.2 Å². The number of rotatable bonds is 8. The molecule has 0 saturated carbocycles. The van der Waals surface area contributed by atoms with Crippen LogP contribution in [0.1, 0.15) is 15.9 Å². The van der Waals surface area contributed by atoms with Gasteiger partial charge in [-0.2, -0.15) is 0 Å². The summed E-state index contributed by atoms with van der Waals surface area (Å²) in [5, 5.41) is 0.968. The molecule has 1 aliphatic rings. The number of aromatic nitrogens is 1. The van der Waals surface area contributed by atoms with E-state index in [1.54, 1.807) is 6.07 Å². The van der Waals surface area contributed by atoms with Crippen LogP contribution in [0.5, 0.6) is 5.75 Å². The van der Waals surface area contributed by atoms with Crippen LogP contribution >= 0.6 is 0 Å². The summed E-state index contributed by atoms with van der Waals surface area (Å²) in [6.07, 6.45) is 0. The second-order valence-electron chi connectivity index (χ2n) is 8.79. The highest BCUT2D eigenvalue weighted by Crippen LogP contribution is 2.27. The Hall–Kier alpha value is -3.61. The Balaban J connectivity index is 1.11. The predicted molar refractivity (Wildman–Crippen MR) is 136 cm³/mol. The van der Waals surface area contributed by atoms with Gasteiger partial charge in [-0.15, -0.1) is 0 Å². The van der Waals surface area contributed by atoms with Crippen LogP contribution in [0.15, 0.2) is 78.9 Å². The fourth-order valence-corrected chi connectivity index (χ4v) is 4.55. The molecule has 1 aromatic heterocycles. The maximum Gasteiger partial charge on any atom is 0.250 e. The van der Waals surface area contributed by atoms with E-state index in [-0.39, 0.29) is 0 Å². The molecule has 3 N–H and O–H groups in total. The van der Waals surface area contributed by atoms with Crippen LogP contribution in [0.3, 0.4) is 0 Å². The molecule has 0 unspecified atom stereocenters. The third-order valence-electron chi connectivity index (χ3n) is 6.48. The van der Waals surface area contributed by atoms with Crippen molar-refractivity contribution in [1.82, 2.24) is 14.8 Å². The number of amides is 1. The smallest absolute Gasteiger partial charge is 0.250 e. The molecule has 34 heavy (non-hydrogen) atoms. The summed E-state index contributed by atoms with van der Waals surface area (Å²) >= 11 is 0. The maximum absolute atomic E-state index is 11.7. The van der Waals surface area contributed by atoms with Gasteiger partial charge in [0.2, 0.25) is 0 Å². The molecule has 174 valence electrons. The lowest BCUT2D eigenvalue weighted by Gasteiger charge is -2.34. The Kier molecular flexibility index (Phi) is 6.60. The molecule has 0 aliphatic carbocycles. The molecule has 1 amide bonds. The zero-order chi connectivity index (χ0) is 23.3. The Morgan fingerprint density at radius 2 is 1.62 bits per heavy atom. The number of fused-ring (bicyclic) bond motifs is 1. The van der Waals surface area contributed by atoms with Crippen LogP contribution < -0.4 is 10.5 Å². The van der Waals surface area contributed by atoms with Crippen LogP contribution in [0.4, 0.5) is 0 Å². The van der Waals surface area contributed by atoms with Gasteiger partial charge in [-0.3, -0.25) is 14.6 Å². The molecule has 1 aliphatic heterocycles. The summed E-state index contributed by atoms with van der Waals surface area (Å²) in [5.74, 6) is 0.431. The van der Waals surface area contributed by atoms with Crippen molar-refractivity contribution >= 4 is 16.8 Å². The molecule has 1 fully saturated rings. The quantitative estimate of drug-likeness (QED) is 0.420. The lowest BCUT2D eigenvalue weighted by atomic mass is 10.1. The van der Waals surface area contributed by atoms with Gasteiger partial charge in [-0.05, 0) is 47.5 Å². The van der Waals surface area contributed by atoms with E-state index in [2.05, 4.69) is 45.1 Å². The van der Waals surface area contributed by atoms with Gasteiger partial charge in [-0.1, -0.05) is 42.5 Å². The molecule has 0 atom stereocenters. The van der Waals surface area contributed by atoms with Gasteiger partial charge in [0, 0.05) is 50.3 Å². The van der Waals surface area contributed by atoms with Crippen molar-refractivity contribution in [3.63, 3.8) is 0 Å². The first-order chi connectivity index (χ1) is 16.7. The van der Waals surface area contributed by atoms with Crippen molar-refractivity contribution in [2.75, 3.05) is 39.3 Å². The summed E-state index contributed by atoms with van der Waals surface area (Å²) in [5.41, 5.74) is 10.1. The minimum atomic E-state index is -0.430. The van der Waals surface area contributed by atoms with Crippen molar-refractivity contribution in [2.45, 2.75) is 6.54 Å². The van der Waals surface area contributed by atoms with E-state index in [0.29, 0.717) is 12.2 Å². The largest absolute Gasteiger partial charge is 0.492 e. The number of nitrogens with zero attached hydrogens (tertiary/aromatic N) is 2. The second kappa shape index (κ2) is 10.1. The summed E-state index contributed by atoms with van der Waals surface area (Å²) in [6, 6.07) is 26.3. The van der Waals surface area contributed by atoms with Crippen LogP contribution in [-0.2, 0) is 6.54 Å². The summed E-state index contributed by atoms with van der Waals surface area (Å²) in [6.45, 7) is 6.95. The van der Waals surface area contributed by atoms with E-state index < -0.39 is 5.91 Å². The van der Waals surface area contributed by atoms with Crippen LogP contribution in [0, 0.1) is 0 Å². The molecule has 0 radical (unpaired) electrons. The monoisotopic (exact) mass is 454 g/mol. The standard InChI is InChI=1S/C28H30N4O2/c29-28(33)25-8-4-7-23-19-26(30-27(23)25)22-9-11-24(12-10-22)34-18-17-31-13-15-32(16-14-31)20-21-5-2-1-3-6-21/h1-12,19,30H,13-18,20H2,(H2,29,33). The Morgan fingerprint density at radius 3 is 2.35 bits per heavy atom. The van der Waals surface area contributed by atoms with E-state index in [1.807, 2.05) is 42.5 Å². The average Bonchev–Trinajstić information content (AvgIpc) is 3.30. The lowest BCUT2D eigenvalue weighted by molar-refractivity contribution is 0.100. The van der Waals surface area contributed by atoms with Gasteiger partial charge < -0.3 is 15.5 Å². The van der Waals surface area contributed by atoms with E-state index in [9.17, 15) is 4.79 Å². The molecular formula is C28H30N4O2. The van der Waals surface area contributed by atoms with E-state index in [1.165, 1.54) is 5.56 Å². The molecule has 6 heteroatoms. The van der Waals surface area contributed by atoms with Gasteiger partial charge >= 0.3 is 0 Å². The zero-order valence-electron chi connectivity index (χ0n) is 19.2. The number of nitrogens with two attached hydrogens (primary N) is 1. The fraction of sp³-hybridized carbons (Fsp3) is 0.250. The number of carbonyl (C=O) groups excluding carboxylic acids is 1. The van der Waals surface area contributed by atoms with Crippen molar-refractivity contribution in [1.29, 1.82) is 0 Å². The molecule has 0 spiro atoms. The van der Waals surface area contributed by atoms with Crippen LogP contribution in [-0.4, -0.2) is 60.0 Å². The SMILES string of the molecule is NC(=O)c1cccc2cc(-c3ccc(OCCN4CCN(Cc5ccccc5)CC4)cc3)[nH]c12. The molecule has 0 bridgehead atoms. The van der Waals surface area contributed by atoms with Gasteiger partial charge in [0.15, 0.2) is 0 Å². The molecule has 5 rings (SSSR count). The number of primary amides is 1. The molecule has 6 nitrogen and oxygen atoms in total. The number of para-hydroxylation sites is 1. The normalized spacial score (nSPS) is 14.9. The van der Waals surface area contributed by atoms with Crippen molar-refractivity contribution in [3.05, 3.63) is 90.0 Å². The molecule has 3 aromatic carbocycles. The highest BCUT2D eigenvalue weighted by atomic mass is 16.5. The third kappa shape index (κ3) is 5.14. The maximum atomic E-state index is 11.7. The predicted octanol–water partition coefficient (Wildman–Crippen LogP) is 4.13. The number of ether oxygens (including phenoxy) is 1. The Labute approximate surface area is 199 Å². The number of hydrogen-bond acceptors (Lipinski definition) is 4. The highest BCUT2D eigenvalue weighted by molar-refractivity contribution is 6.06. The minimum Gasteiger partial charge on any atom is -0.492 e. The van der Waals surface area contributed by atoms with Crippen molar-refractivity contribution in [2.24, 2.45) is 5.73 Å². The zero-order valence-corrected chi connectivity index (χ0v) is 19.2. The van der Waals surface area contributed by atoms with Crippen LogP contribution in [0.2, 0.25) is 0 Å². The number of piperazine rings is 1. The van der Waals surface area contributed by atoms with E-state index in [0.717, 1.165) is 67.2 Å². The number of nitrogens with one attached hydrogen (secondary N) is 1. The van der Waals surface area contributed by atoms with Gasteiger partial charge in [0.25, 0.3) is 5.91 Å². The number of H-pyrrole nitrogens is 1. The topological polar surface area (TPSA) is 74.6 Å². The van der Waals surface area contributed by atoms with E-state index >= 15 is 0 Å². The molecule has 1 saturated heterocycles. The van der Waals surface area contributed by atoms with Gasteiger partial charge in [0.1, 0.15) is 12.4 Å². The highest BCUT2D eigenvalue weighted by Gasteiger charge is 2.17. The molecule has 2 heterocycles. The van der Waals surface area contributed by atoms with Gasteiger partial charge in [0.05, 0.1) is 11.1 Å².